The van der Waals surface area contributed by atoms with Crippen molar-refractivity contribution in [2.45, 2.75) is 45.6 Å². The highest BCUT2D eigenvalue weighted by molar-refractivity contribution is 6.06. The van der Waals surface area contributed by atoms with Gasteiger partial charge in [0.2, 0.25) is 5.88 Å². The number of nitrogens with zero attached hydrogens (tertiary/aromatic N) is 1. The van der Waals surface area contributed by atoms with E-state index in [9.17, 15) is 9.59 Å². The molecular formula is C28H37N3O7. The monoisotopic (exact) mass is 527 g/mol. The largest absolute Gasteiger partial charge is 0.497 e. The lowest BCUT2D eigenvalue weighted by Crippen LogP contribution is -2.17. The second-order valence-corrected chi connectivity index (χ2v) is 8.70. The van der Waals surface area contributed by atoms with E-state index in [1.807, 2.05) is 30.3 Å². The van der Waals surface area contributed by atoms with Crippen molar-refractivity contribution < 1.29 is 34.0 Å². The number of carboxylic acid groups (broad SMARTS) is 2. The van der Waals surface area contributed by atoms with Crippen molar-refractivity contribution >= 4 is 28.5 Å². The van der Waals surface area contributed by atoms with Crippen molar-refractivity contribution in [3.8, 4) is 28.5 Å². The van der Waals surface area contributed by atoms with Crippen LogP contribution in [0.15, 0.2) is 36.4 Å². The van der Waals surface area contributed by atoms with E-state index in [0.717, 1.165) is 57.6 Å². The summed E-state index contributed by atoms with van der Waals surface area (Å²) < 4.78 is 16.7. The molecule has 38 heavy (non-hydrogen) atoms. The summed E-state index contributed by atoms with van der Waals surface area (Å²) in [4.78, 5) is 24.1. The molecule has 0 bridgehead atoms. The Bertz CT molecular complexity index is 1230. The van der Waals surface area contributed by atoms with Gasteiger partial charge in [-0.3, -0.25) is 9.59 Å². The summed E-state index contributed by atoms with van der Waals surface area (Å²) in [5.74, 6) is -0.00185. The lowest BCUT2D eigenvalue weighted by Gasteiger charge is -2.21. The number of carboxylic acids is 2. The van der Waals surface area contributed by atoms with Gasteiger partial charge in [0.05, 0.1) is 45.4 Å². The number of hydrogen-bond acceptors (Lipinski definition) is 8. The van der Waals surface area contributed by atoms with Gasteiger partial charge in [-0.25, -0.2) is 4.98 Å². The molecule has 1 heterocycles. The molecule has 0 spiro atoms. The van der Waals surface area contributed by atoms with Crippen LogP contribution < -0.4 is 25.3 Å². The van der Waals surface area contributed by atoms with Gasteiger partial charge in [0, 0.05) is 29.1 Å². The number of aromatic nitrogens is 1. The first kappa shape index (κ1) is 30.2. The van der Waals surface area contributed by atoms with Gasteiger partial charge >= 0.3 is 11.9 Å². The maximum Gasteiger partial charge on any atom is 0.303 e. The predicted octanol–water partition coefficient (Wildman–Crippen LogP) is 4.71. The molecule has 0 saturated heterocycles. The van der Waals surface area contributed by atoms with Crippen molar-refractivity contribution in [3.63, 3.8) is 0 Å². The standard InChI is InChI=1S/C24H31N3O3.C4H6O4/c1-15-12-21(30-5)27-24-19(26-16(2)8-7-11-25)14-20(29-4)23(22(15)24)17-9-6-10-18(13-17)28-3;5-3(6)1-2-4(7)8/h6,9-10,12-14,16,26H,7-8,11,25H2,1-5H3;1-2H2,(H,5,6)(H,7,8). The molecule has 0 radical (unpaired) electrons. The Morgan fingerprint density at radius 1 is 1.03 bits per heavy atom. The molecule has 3 rings (SSSR count). The number of hydrogen-bond donors (Lipinski definition) is 4. The first-order valence-corrected chi connectivity index (χ1v) is 12.3. The van der Waals surface area contributed by atoms with Gasteiger partial charge in [0.1, 0.15) is 11.5 Å². The first-order chi connectivity index (χ1) is 18.1. The first-order valence-electron chi connectivity index (χ1n) is 12.3. The van der Waals surface area contributed by atoms with E-state index in [1.165, 1.54) is 0 Å². The lowest BCUT2D eigenvalue weighted by atomic mass is 9.95. The molecule has 0 fully saturated rings. The van der Waals surface area contributed by atoms with E-state index in [1.54, 1.807) is 21.3 Å². The zero-order valence-electron chi connectivity index (χ0n) is 22.5. The van der Waals surface area contributed by atoms with E-state index < -0.39 is 11.9 Å². The van der Waals surface area contributed by atoms with Gasteiger partial charge in [-0.05, 0) is 56.5 Å². The van der Waals surface area contributed by atoms with Crippen molar-refractivity contribution in [2.75, 3.05) is 33.2 Å². The highest BCUT2D eigenvalue weighted by atomic mass is 16.5. The Morgan fingerprint density at radius 3 is 2.26 bits per heavy atom. The average molecular weight is 528 g/mol. The number of methoxy groups -OCH3 is 3. The molecule has 5 N–H and O–H groups in total. The third-order valence-corrected chi connectivity index (χ3v) is 5.80. The minimum atomic E-state index is -1.08. The number of aryl methyl sites for hydroxylation is 1. The van der Waals surface area contributed by atoms with E-state index in [2.05, 4.69) is 25.2 Å². The zero-order valence-corrected chi connectivity index (χ0v) is 22.5. The van der Waals surface area contributed by atoms with Crippen LogP contribution in [-0.2, 0) is 9.59 Å². The molecule has 1 atom stereocenters. The van der Waals surface area contributed by atoms with Crippen LogP contribution >= 0.6 is 0 Å². The van der Waals surface area contributed by atoms with Gasteiger partial charge in [0.25, 0.3) is 0 Å². The van der Waals surface area contributed by atoms with Crippen molar-refractivity contribution in [1.29, 1.82) is 0 Å². The van der Waals surface area contributed by atoms with Crippen molar-refractivity contribution in [1.82, 2.24) is 4.98 Å². The summed E-state index contributed by atoms with van der Waals surface area (Å²) in [5.41, 5.74) is 10.5. The van der Waals surface area contributed by atoms with Gasteiger partial charge in [-0.2, -0.15) is 0 Å². The number of aliphatic carboxylic acids is 2. The van der Waals surface area contributed by atoms with Crippen molar-refractivity contribution in [3.05, 3.63) is 42.0 Å². The maximum atomic E-state index is 9.64. The van der Waals surface area contributed by atoms with Crippen LogP contribution in [0.2, 0.25) is 0 Å². The van der Waals surface area contributed by atoms with Crippen LogP contribution in [0.1, 0.15) is 38.2 Å². The molecule has 0 amide bonds. The highest BCUT2D eigenvalue weighted by Crippen LogP contribution is 2.43. The summed E-state index contributed by atoms with van der Waals surface area (Å²) in [6.07, 6.45) is 1.34. The van der Waals surface area contributed by atoms with E-state index in [4.69, 9.17) is 35.1 Å². The van der Waals surface area contributed by atoms with Crippen LogP contribution in [0, 0.1) is 6.92 Å². The normalized spacial score (nSPS) is 11.2. The smallest absolute Gasteiger partial charge is 0.303 e. The van der Waals surface area contributed by atoms with E-state index in [0.29, 0.717) is 12.4 Å². The summed E-state index contributed by atoms with van der Waals surface area (Å²) in [6.45, 7) is 4.89. The van der Waals surface area contributed by atoms with Crippen molar-refractivity contribution in [2.24, 2.45) is 5.73 Å². The molecular weight excluding hydrogens is 490 g/mol. The van der Waals surface area contributed by atoms with E-state index in [-0.39, 0.29) is 18.9 Å². The molecule has 0 aliphatic heterocycles. The van der Waals surface area contributed by atoms with Gasteiger partial charge in [0.15, 0.2) is 0 Å². The number of benzene rings is 2. The van der Waals surface area contributed by atoms with Gasteiger partial charge in [-0.1, -0.05) is 12.1 Å². The highest BCUT2D eigenvalue weighted by Gasteiger charge is 2.20. The fourth-order valence-electron chi connectivity index (χ4n) is 3.96. The quantitative estimate of drug-likeness (QED) is 0.260. The Labute approximate surface area is 222 Å². The number of nitrogens with one attached hydrogen (secondary N) is 1. The summed E-state index contributed by atoms with van der Waals surface area (Å²) in [5, 5.41) is 20.4. The minimum Gasteiger partial charge on any atom is -0.497 e. The Kier molecular flexibility index (Phi) is 11.6. The predicted molar refractivity (Wildman–Crippen MR) is 147 cm³/mol. The van der Waals surface area contributed by atoms with Gasteiger partial charge in [-0.15, -0.1) is 0 Å². The molecule has 1 unspecified atom stereocenters. The van der Waals surface area contributed by atoms with Crippen LogP contribution in [0.25, 0.3) is 22.0 Å². The van der Waals surface area contributed by atoms with E-state index >= 15 is 0 Å². The Hall–Kier alpha value is -4.05. The second kappa shape index (κ2) is 14.6. The third-order valence-electron chi connectivity index (χ3n) is 5.80. The number of pyridine rings is 1. The SMILES string of the molecule is COc1cccc(-c2c(OC)cc(NC(C)CCCN)c3nc(OC)cc(C)c23)c1.O=C(O)CCC(=O)O. The van der Waals surface area contributed by atoms with Crippen LogP contribution in [0.3, 0.4) is 0 Å². The lowest BCUT2D eigenvalue weighted by molar-refractivity contribution is -0.143. The number of carbonyl (C=O) groups is 2. The summed E-state index contributed by atoms with van der Waals surface area (Å²) in [6, 6.07) is 12.2. The van der Waals surface area contributed by atoms with Crippen LogP contribution in [0.5, 0.6) is 17.4 Å². The topological polar surface area (TPSA) is 153 Å². The Balaban J connectivity index is 0.000000550. The summed E-state index contributed by atoms with van der Waals surface area (Å²) >= 11 is 0. The number of nitrogens with two attached hydrogens (primary N) is 1. The number of ether oxygens (including phenoxy) is 3. The number of fused-ring (bicyclic) bond motifs is 1. The molecule has 3 aromatic rings. The minimum absolute atomic E-state index is 0.248. The van der Waals surface area contributed by atoms with Gasteiger partial charge < -0.3 is 35.5 Å². The fraction of sp³-hybridized carbons (Fsp3) is 0.393. The average Bonchev–Trinajstić information content (AvgIpc) is 2.90. The fourth-order valence-corrected chi connectivity index (χ4v) is 3.96. The van der Waals surface area contributed by atoms with Crippen LogP contribution in [-0.4, -0.2) is 61.1 Å². The molecule has 10 nitrogen and oxygen atoms in total. The number of anilines is 1. The molecule has 0 aliphatic rings. The molecule has 1 aromatic heterocycles. The number of rotatable bonds is 12. The second-order valence-electron chi connectivity index (χ2n) is 8.70. The zero-order chi connectivity index (χ0) is 28.2. The summed E-state index contributed by atoms with van der Waals surface area (Å²) in [7, 11) is 5.00. The molecule has 2 aromatic carbocycles. The molecule has 10 heteroatoms. The molecule has 0 saturated carbocycles. The third kappa shape index (κ3) is 8.24. The maximum absolute atomic E-state index is 9.64. The molecule has 0 aliphatic carbocycles. The molecule has 206 valence electrons. The Morgan fingerprint density at radius 2 is 1.71 bits per heavy atom. The van der Waals surface area contributed by atoms with Crippen LogP contribution in [0.4, 0.5) is 5.69 Å².